The number of benzene rings is 1. The first-order valence-electron chi connectivity index (χ1n) is 6.99. The normalized spacial score (nSPS) is 11.0. The summed E-state index contributed by atoms with van der Waals surface area (Å²) in [5.41, 5.74) is 2.42. The molecule has 0 atom stereocenters. The Morgan fingerprint density at radius 1 is 1.19 bits per heavy atom. The van der Waals surface area contributed by atoms with Crippen molar-refractivity contribution in [2.24, 2.45) is 0 Å². The van der Waals surface area contributed by atoms with Gasteiger partial charge in [0.25, 0.3) is 0 Å². The fourth-order valence-electron chi connectivity index (χ4n) is 1.93. The van der Waals surface area contributed by atoms with Gasteiger partial charge in [-0.3, -0.25) is 0 Å². The maximum absolute atomic E-state index is 8.91. The molecule has 1 aromatic heterocycles. The quantitative estimate of drug-likeness (QED) is 0.845. The number of rotatable bonds is 4. The molecule has 0 aliphatic carbocycles. The van der Waals surface area contributed by atoms with E-state index in [1.165, 1.54) is 5.56 Å². The van der Waals surface area contributed by atoms with Crippen molar-refractivity contribution in [3.05, 3.63) is 47.3 Å². The summed E-state index contributed by atoms with van der Waals surface area (Å²) in [6.07, 6.45) is 1.07. The number of nitriles is 1. The van der Waals surface area contributed by atoms with Crippen molar-refractivity contribution in [2.75, 3.05) is 0 Å². The molecule has 0 N–H and O–H groups in total. The molecule has 1 aromatic carbocycles. The van der Waals surface area contributed by atoms with Gasteiger partial charge in [0, 0.05) is 5.69 Å². The second kappa shape index (κ2) is 5.92. The summed E-state index contributed by atoms with van der Waals surface area (Å²) in [6.45, 7) is 8.41. The van der Waals surface area contributed by atoms with Crippen LogP contribution in [-0.2, 0) is 5.41 Å². The van der Waals surface area contributed by atoms with E-state index in [1.807, 2.05) is 25.1 Å². The van der Waals surface area contributed by atoms with Crippen LogP contribution in [0.4, 0.5) is 0 Å². The highest BCUT2D eigenvalue weighted by Crippen LogP contribution is 2.29. The van der Waals surface area contributed by atoms with Gasteiger partial charge in [-0.25, -0.2) is 4.98 Å². The van der Waals surface area contributed by atoms with E-state index in [0.29, 0.717) is 17.1 Å². The third kappa shape index (κ3) is 3.57. The van der Waals surface area contributed by atoms with Crippen LogP contribution in [0.25, 0.3) is 0 Å². The molecule has 4 nitrogen and oxygen atoms in total. The average Bonchev–Trinajstić information content (AvgIpc) is 2.47. The fourth-order valence-corrected chi connectivity index (χ4v) is 1.93. The number of hydrogen-bond donors (Lipinski definition) is 0. The van der Waals surface area contributed by atoms with Crippen LogP contribution in [0.1, 0.15) is 44.1 Å². The highest BCUT2D eigenvalue weighted by Gasteiger charge is 2.17. The van der Waals surface area contributed by atoms with E-state index in [4.69, 9.17) is 10.00 Å². The molecule has 0 bridgehead atoms. The molecule has 1 heterocycles. The molecule has 0 fully saturated rings. The average molecular weight is 281 g/mol. The minimum atomic E-state index is 0.145. The van der Waals surface area contributed by atoms with Crippen molar-refractivity contribution in [1.29, 1.82) is 5.26 Å². The van der Waals surface area contributed by atoms with E-state index >= 15 is 0 Å². The Balaban J connectivity index is 2.21. The molecule has 4 heteroatoms. The van der Waals surface area contributed by atoms with Gasteiger partial charge in [0.1, 0.15) is 17.5 Å². The lowest BCUT2D eigenvalue weighted by Gasteiger charge is -2.23. The van der Waals surface area contributed by atoms with Crippen LogP contribution < -0.4 is 4.74 Å². The van der Waals surface area contributed by atoms with Gasteiger partial charge in [0.2, 0.25) is 0 Å². The lowest BCUT2D eigenvalue weighted by atomic mass is 9.82. The molecule has 0 saturated carbocycles. The fraction of sp³-hybridized carbons (Fsp3) is 0.353. The summed E-state index contributed by atoms with van der Waals surface area (Å²) in [4.78, 5) is 8.22. The third-order valence-electron chi connectivity index (χ3n) is 3.68. The monoisotopic (exact) mass is 281 g/mol. The van der Waals surface area contributed by atoms with Crippen molar-refractivity contribution in [3.8, 4) is 17.8 Å². The minimum Gasteiger partial charge on any atom is -0.424 e. The van der Waals surface area contributed by atoms with Crippen molar-refractivity contribution >= 4 is 0 Å². The Morgan fingerprint density at radius 3 is 2.43 bits per heavy atom. The Kier molecular flexibility index (Phi) is 4.23. The lowest BCUT2D eigenvalue weighted by Crippen LogP contribution is -2.14. The van der Waals surface area contributed by atoms with Gasteiger partial charge in [-0.2, -0.15) is 10.2 Å². The van der Waals surface area contributed by atoms with Crippen molar-refractivity contribution in [2.45, 2.75) is 39.5 Å². The summed E-state index contributed by atoms with van der Waals surface area (Å²) in [6, 6.07) is 11.8. The van der Waals surface area contributed by atoms with Crippen LogP contribution >= 0.6 is 0 Å². The second-order valence-corrected chi connectivity index (χ2v) is 5.65. The zero-order valence-corrected chi connectivity index (χ0v) is 12.8. The van der Waals surface area contributed by atoms with Gasteiger partial charge in [0.15, 0.2) is 0 Å². The van der Waals surface area contributed by atoms with Gasteiger partial charge < -0.3 is 4.74 Å². The van der Waals surface area contributed by atoms with Gasteiger partial charge in [-0.15, -0.1) is 0 Å². The molecule has 0 aliphatic heterocycles. The maximum Gasteiger partial charge on any atom is 0.323 e. The van der Waals surface area contributed by atoms with Crippen LogP contribution in [0.15, 0.2) is 30.3 Å². The lowest BCUT2D eigenvalue weighted by molar-refractivity contribution is 0.438. The third-order valence-corrected chi connectivity index (χ3v) is 3.68. The molecule has 0 amide bonds. The number of nitrogens with zero attached hydrogens (tertiary/aromatic N) is 3. The first kappa shape index (κ1) is 15.0. The molecule has 0 radical (unpaired) electrons. The zero-order valence-electron chi connectivity index (χ0n) is 12.8. The molecule has 2 aromatic rings. The van der Waals surface area contributed by atoms with Crippen LogP contribution in [-0.4, -0.2) is 9.97 Å². The molecular weight excluding hydrogens is 262 g/mol. The highest BCUT2D eigenvalue weighted by atomic mass is 16.5. The van der Waals surface area contributed by atoms with Crippen molar-refractivity contribution in [3.63, 3.8) is 0 Å². The Hall–Kier alpha value is -2.41. The van der Waals surface area contributed by atoms with E-state index in [-0.39, 0.29) is 11.4 Å². The zero-order chi connectivity index (χ0) is 15.5. The van der Waals surface area contributed by atoms with Gasteiger partial charge in [-0.1, -0.05) is 32.9 Å². The molecule has 21 heavy (non-hydrogen) atoms. The first-order chi connectivity index (χ1) is 9.94. The number of ether oxygens (including phenoxy) is 1. The molecular formula is C17H19N3O. The predicted octanol–water partition coefficient (Wildman–Crippen LogP) is 4.14. The largest absolute Gasteiger partial charge is 0.424 e. The summed E-state index contributed by atoms with van der Waals surface area (Å²) in [5.74, 6) is 0.667. The van der Waals surface area contributed by atoms with Gasteiger partial charge in [0.05, 0.1) is 0 Å². The Labute approximate surface area is 125 Å². The molecule has 2 rings (SSSR count). The van der Waals surface area contributed by atoms with E-state index in [2.05, 4.69) is 42.9 Å². The Morgan fingerprint density at radius 2 is 1.86 bits per heavy atom. The van der Waals surface area contributed by atoms with Gasteiger partial charge >= 0.3 is 6.01 Å². The van der Waals surface area contributed by atoms with E-state index < -0.39 is 0 Å². The molecule has 0 aliphatic rings. The standard InChI is InChI=1S/C17H19N3O/c1-5-17(3,4)13-6-8-15(9-7-13)21-16-19-12(2)10-14(11-18)20-16/h6-10H,5H2,1-4H3. The highest BCUT2D eigenvalue weighted by molar-refractivity contribution is 5.33. The van der Waals surface area contributed by atoms with Crippen molar-refractivity contribution < 1.29 is 4.74 Å². The first-order valence-corrected chi connectivity index (χ1v) is 6.99. The summed E-state index contributed by atoms with van der Waals surface area (Å²) < 4.78 is 5.63. The van der Waals surface area contributed by atoms with Crippen LogP contribution in [0.2, 0.25) is 0 Å². The van der Waals surface area contributed by atoms with E-state index in [1.54, 1.807) is 6.07 Å². The summed E-state index contributed by atoms with van der Waals surface area (Å²) in [5, 5.41) is 8.91. The topological polar surface area (TPSA) is 58.8 Å². The maximum atomic E-state index is 8.91. The summed E-state index contributed by atoms with van der Waals surface area (Å²) >= 11 is 0. The number of aromatic nitrogens is 2. The molecule has 0 saturated heterocycles. The molecule has 0 unspecified atom stereocenters. The SMILES string of the molecule is CCC(C)(C)c1ccc(Oc2nc(C)cc(C#N)n2)cc1. The molecule has 108 valence electrons. The Bertz CT molecular complexity index is 669. The van der Waals surface area contributed by atoms with E-state index in [9.17, 15) is 0 Å². The molecule has 0 spiro atoms. The number of aryl methyl sites for hydroxylation is 1. The predicted molar refractivity (Wildman–Crippen MR) is 81.3 cm³/mol. The minimum absolute atomic E-state index is 0.145. The second-order valence-electron chi connectivity index (χ2n) is 5.65. The summed E-state index contributed by atoms with van der Waals surface area (Å²) in [7, 11) is 0. The van der Waals surface area contributed by atoms with Crippen LogP contribution in [0.5, 0.6) is 11.8 Å². The number of hydrogen-bond acceptors (Lipinski definition) is 4. The van der Waals surface area contributed by atoms with Crippen LogP contribution in [0.3, 0.4) is 0 Å². The van der Waals surface area contributed by atoms with E-state index in [0.717, 1.165) is 6.42 Å². The van der Waals surface area contributed by atoms with Crippen molar-refractivity contribution in [1.82, 2.24) is 9.97 Å². The smallest absolute Gasteiger partial charge is 0.323 e. The van der Waals surface area contributed by atoms with Crippen LogP contribution in [0, 0.1) is 18.3 Å². The van der Waals surface area contributed by atoms with Gasteiger partial charge in [-0.05, 0) is 42.5 Å².